The van der Waals surface area contributed by atoms with Crippen molar-refractivity contribution in [2.24, 2.45) is 0 Å². The first-order valence-corrected chi connectivity index (χ1v) is 17.7. The summed E-state index contributed by atoms with van der Waals surface area (Å²) < 4.78 is 90.0. The lowest BCUT2D eigenvalue weighted by molar-refractivity contribution is -0.153. The number of rotatable bonds is 14. The van der Waals surface area contributed by atoms with Crippen LogP contribution >= 0.6 is 0 Å². The van der Waals surface area contributed by atoms with Crippen LogP contribution in [0.2, 0.25) is 0 Å². The van der Waals surface area contributed by atoms with Crippen molar-refractivity contribution in [3.63, 3.8) is 0 Å². The predicted octanol–water partition coefficient (Wildman–Crippen LogP) is 8.60. The zero-order valence-electron chi connectivity index (χ0n) is 29.3. The van der Waals surface area contributed by atoms with E-state index in [0.29, 0.717) is 42.6 Å². The van der Waals surface area contributed by atoms with E-state index in [4.69, 9.17) is 9.47 Å². The molecule has 0 aliphatic heterocycles. The Morgan fingerprint density at radius 2 is 1.42 bits per heavy atom. The molecule has 3 atom stereocenters. The van der Waals surface area contributed by atoms with Crippen LogP contribution in [0.25, 0.3) is 0 Å². The fourth-order valence-corrected chi connectivity index (χ4v) is 7.45. The number of nitrogens with one attached hydrogen (secondary N) is 2. The number of pyridine rings is 2. The summed E-state index contributed by atoms with van der Waals surface area (Å²) in [5.41, 5.74) is 4.59. The molecule has 2 aliphatic carbocycles. The maximum Gasteiger partial charge on any atom is 0.422 e. The summed E-state index contributed by atoms with van der Waals surface area (Å²) in [6.45, 7) is -1.56. The number of ether oxygens (including phenoxy) is 2. The number of carbonyl (C=O) groups is 2. The number of halogens is 6. The topological polar surface area (TPSA) is 143 Å². The number of aryl methyl sites for hydroxylation is 1. The van der Waals surface area contributed by atoms with Crippen molar-refractivity contribution >= 4 is 23.3 Å². The summed E-state index contributed by atoms with van der Waals surface area (Å²) in [5.74, 6) is -2.83. The van der Waals surface area contributed by atoms with Crippen molar-refractivity contribution in [2.75, 3.05) is 36.9 Å². The molecule has 2 aromatic heterocycles. The molecule has 0 bridgehead atoms. The molecule has 0 amide bonds. The number of nitrogens with zero attached hydrogens (tertiary/aromatic N) is 2. The van der Waals surface area contributed by atoms with Gasteiger partial charge in [-0.1, -0.05) is 12.1 Å². The van der Waals surface area contributed by atoms with E-state index in [9.17, 15) is 46.1 Å². The Morgan fingerprint density at radius 3 is 2.04 bits per heavy atom. The van der Waals surface area contributed by atoms with Crippen molar-refractivity contribution in [3.8, 4) is 11.5 Å². The van der Waals surface area contributed by atoms with Gasteiger partial charge in [0.2, 0.25) is 0 Å². The second-order valence-corrected chi connectivity index (χ2v) is 13.7. The summed E-state index contributed by atoms with van der Waals surface area (Å²) in [6.07, 6.45) is -1.76. The normalized spacial score (nSPS) is 18.1. The summed E-state index contributed by atoms with van der Waals surface area (Å²) in [5, 5.41) is 25.8. The Morgan fingerprint density at radius 1 is 0.764 bits per heavy atom. The first kappa shape index (κ1) is 39.2. The highest BCUT2D eigenvalue weighted by Crippen LogP contribution is 2.46. The van der Waals surface area contributed by atoms with Gasteiger partial charge in [-0.15, -0.1) is 0 Å². The van der Waals surface area contributed by atoms with Crippen LogP contribution in [0, 0.1) is 0 Å². The van der Waals surface area contributed by atoms with Gasteiger partial charge in [0.1, 0.15) is 11.5 Å². The molecule has 0 saturated carbocycles. The quantitative estimate of drug-likeness (QED) is 0.0921. The average Bonchev–Trinajstić information content (AvgIpc) is 3.14. The summed E-state index contributed by atoms with van der Waals surface area (Å²) in [4.78, 5) is 31.8. The number of carboxylic acid groups (broad SMARTS) is 2. The number of fused-ring (bicyclic) bond motifs is 2. The first-order chi connectivity index (χ1) is 26.1. The molecule has 2 heterocycles. The van der Waals surface area contributed by atoms with E-state index in [0.717, 1.165) is 29.5 Å². The van der Waals surface area contributed by atoms with Gasteiger partial charge < -0.3 is 30.3 Å². The maximum absolute atomic E-state index is 13.3. The molecule has 2 aromatic carbocycles. The fraction of sp³-hybridized carbons (Fsp3) is 0.385. The number of anilines is 2. The summed E-state index contributed by atoms with van der Waals surface area (Å²) in [7, 11) is 0. The van der Waals surface area contributed by atoms with Crippen LogP contribution in [-0.2, 0) is 12.8 Å². The lowest BCUT2D eigenvalue weighted by Crippen LogP contribution is -2.25. The van der Waals surface area contributed by atoms with Gasteiger partial charge in [-0.25, -0.2) is 9.59 Å². The molecule has 4 N–H and O–H groups in total. The number of aromatic nitrogens is 2. The van der Waals surface area contributed by atoms with Crippen LogP contribution in [0.1, 0.15) is 92.0 Å². The van der Waals surface area contributed by atoms with Gasteiger partial charge in [0.25, 0.3) is 0 Å². The molecule has 292 valence electrons. The highest BCUT2D eigenvalue weighted by molar-refractivity contribution is 5.94. The minimum atomic E-state index is -4.57. The number of hydrogen-bond acceptors (Lipinski definition) is 8. The van der Waals surface area contributed by atoms with E-state index in [1.165, 1.54) is 49.1 Å². The lowest BCUT2D eigenvalue weighted by atomic mass is 9.72. The molecule has 4 aromatic rings. The molecular formula is C39H38F6N4O6. The standard InChI is InChI=1S/C39H38F6N4O6/c40-38(41,42)8-11-54-35-15-22-2-1-3-23(17-48-33-19-46-9-6-29(33)36(50)51)31(22)16-32(35)24-12-25-14-27(55-21-39(43,44)45)4-5-28(25)26(13-24)18-49-34-20-47-10-7-30(34)37(52)53/h4-7,9-10,14-16,19-20,23-24,26,48-49H,1-3,8,11-13,17-18,21H2,(H,50,51)(H,52,53). The second kappa shape index (κ2) is 16.4. The largest absolute Gasteiger partial charge is 0.493 e. The highest BCUT2D eigenvalue weighted by atomic mass is 19.4. The zero-order valence-corrected chi connectivity index (χ0v) is 29.3. The SMILES string of the molecule is O=C(O)c1ccncc1NCC1CCCc2cc(OCCC(F)(F)F)c(C3Cc4cc(OCC(F)(F)F)ccc4C(CNc4cnccc4C(=O)O)C3)cc21. The monoisotopic (exact) mass is 772 g/mol. The van der Waals surface area contributed by atoms with Crippen LogP contribution < -0.4 is 20.1 Å². The number of aromatic carboxylic acids is 2. The molecule has 0 saturated heterocycles. The maximum atomic E-state index is 13.3. The van der Waals surface area contributed by atoms with Crippen LogP contribution in [-0.4, -0.2) is 70.8 Å². The molecule has 0 spiro atoms. The van der Waals surface area contributed by atoms with Gasteiger partial charge in [-0.05, 0) is 96.2 Å². The van der Waals surface area contributed by atoms with E-state index < -0.39 is 43.9 Å². The molecule has 3 unspecified atom stereocenters. The molecule has 16 heteroatoms. The number of alkyl halides is 6. The van der Waals surface area contributed by atoms with E-state index in [-0.39, 0.29) is 52.6 Å². The van der Waals surface area contributed by atoms with Gasteiger partial charge in [0.15, 0.2) is 6.61 Å². The third-order valence-electron chi connectivity index (χ3n) is 9.97. The third kappa shape index (κ3) is 9.96. The molecule has 0 fully saturated rings. The first-order valence-electron chi connectivity index (χ1n) is 17.7. The number of hydrogen-bond donors (Lipinski definition) is 4. The third-order valence-corrected chi connectivity index (χ3v) is 9.97. The van der Waals surface area contributed by atoms with Gasteiger partial charge >= 0.3 is 24.3 Å². The minimum absolute atomic E-state index is 0.00165. The molecule has 6 rings (SSSR count). The van der Waals surface area contributed by atoms with Crippen molar-refractivity contribution < 1.29 is 55.6 Å². The van der Waals surface area contributed by atoms with Crippen LogP contribution in [0.4, 0.5) is 37.7 Å². The fourth-order valence-electron chi connectivity index (χ4n) is 7.45. The molecule has 0 radical (unpaired) electrons. The van der Waals surface area contributed by atoms with Gasteiger partial charge in [0.05, 0.1) is 47.9 Å². The van der Waals surface area contributed by atoms with Crippen molar-refractivity contribution in [1.82, 2.24) is 9.97 Å². The van der Waals surface area contributed by atoms with Gasteiger partial charge in [0, 0.05) is 37.3 Å². The lowest BCUT2D eigenvalue weighted by Gasteiger charge is -2.35. The van der Waals surface area contributed by atoms with E-state index in [2.05, 4.69) is 20.6 Å². The summed E-state index contributed by atoms with van der Waals surface area (Å²) >= 11 is 0. The van der Waals surface area contributed by atoms with E-state index >= 15 is 0 Å². The Kier molecular flexibility index (Phi) is 11.7. The minimum Gasteiger partial charge on any atom is -0.493 e. The number of carboxylic acids is 2. The number of benzene rings is 2. The van der Waals surface area contributed by atoms with E-state index in [1.807, 2.05) is 6.07 Å². The molecule has 55 heavy (non-hydrogen) atoms. The zero-order chi connectivity index (χ0) is 39.3. The molecular weight excluding hydrogens is 734 g/mol. The Bertz CT molecular complexity index is 2020. The van der Waals surface area contributed by atoms with Gasteiger partial charge in [-0.3, -0.25) is 9.97 Å². The molecule has 2 aliphatic rings. The van der Waals surface area contributed by atoms with Crippen LogP contribution in [0.5, 0.6) is 11.5 Å². The van der Waals surface area contributed by atoms with Crippen molar-refractivity contribution in [1.29, 1.82) is 0 Å². The van der Waals surface area contributed by atoms with E-state index in [1.54, 1.807) is 12.1 Å². The molecule has 10 nitrogen and oxygen atoms in total. The highest BCUT2D eigenvalue weighted by Gasteiger charge is 2.34. The summed E-state index contributed by atoms with van der Waals surface area (Å²) in [6, 6.07) is 11.1. The van der Waals surface area contributed by atoms with Gasteiger partial charge in [-0.2, -0.15) is 26.3 Å². The van der Waals surface area contributed by atoms with Crippen molar-refractivity contribution in [2.45, 2.75) is 68.6 Å². The smallest absolute Gasteiger partial charge is 0.422 e. The van der Waals surface area contributed by atoms with Crippen LogP contribution in [0.3, 0.4) is 0 Å². The van der Waals surface area contributed by atoms with Crippen molar-refractivity contribution in [3.05, 3.63) is 106 Å². The Balaban J connectivity index is 1.37. The Hall–Kier alpha value is -5.54. The Labute approximate surface area is 311 Å². The predicted molar refractivity (Wildman–Crippen MR) is 189 cm³/mol. The average molecular weight is 773 g/mol. The van der Waals surface area contributed by atoms with Crippen LogP contribution in [0.15, 0.2) is 67.3 Å². The second-order valence-electron chi connectivity index (χ2n) is 13.7.